The Morgan fingerprint density at radius 3 is 2.47 bits per heavy atom. The smallest absolute Gasteiger partial charge is 0.107 e. The van der Waals surface area contributed by atoms with Crippen LogP contribution in [0, 0.1) is 0 Å². The van der Waals surface area contributed by atoms with Crippen LogP contribution in [0.15, 0.2) is 33.1 Å². The molecule has 1 heterocycles. The molecule has 1 aliphatic heterocycles. The lowest BCUT2D eigenvalue weighted by molar-refractivity contribution is 0.529. The minimum atomic E-state index is -2.17. The van der Waals surface area contributed by atoms with Gasteiger partial charge in [-0.3, -0.25) is 0 Å². The Hall–Kier alpha value is -0.390. The summed E-state index contributed by atoms with van der Waals surface area (Å²) in [4.78, 5) is 0. The molecule has 0 aliphatic carbocycles. The third-order valence-corrected chi connectivity index (χ3v) is 5.40. The maximum Gasteiger partial charge on any atom is 0.107 e. The van der Waals surface area contributed by atoms with Gasteiger partial charge in [-0.25, -0.2) is 12.9 Å². The number of hydrogen-bond donors (Lipinski definition) is 0. The second-order valence-corrected chi connectivity index (χ2v) is 7.53. The highest BCUT2D eigenvalue weighted by molar-refractivity contribution is 9.10. The molecule has 17 heavy (non-hydrogen) atoms. The quantitative estimate of drug-likeness (QED) is 0.843. The maximum absolute atomic E-state index is 12.4. The Morgan fingerprint density at radius 2 is 1.88 bits per heavy atom. The van der Waals surface area contributed by atoms with E-state index in [1.54, 1.807) is 6.26 Å². The topological polar surface area (TPSA) is 32.7 Å². The van der Waals surface area contributed by atoms with Gasteiger partial charge in [-0.2, -0.15) is 0 Å². The van der Waals surface area contributed by atoms with E-state index in [2.05, 4.69) is 20.3 Å². The van der Waals surface area contributed by atoms with Crippen LogP contribution in [0.5, 0.6) is 0 Å². The SMILES string of the molecule is CS(=O)(=NCc1ccc(Br)cc1)N1CCCC1. The molecule has 1 atom stereocenters. The summed E-state index contributed by atoms with van der Waals surface area (Å²) in [5.74, 6) is 0. The Bertz CT molecular complexity index is 486. The normalized spacial score (nSPS) is 20.1. The van der Waals surface area contributed by atoms with Crippen LogP contribution in [0.4, 0.5) is 0 Å². The van der Waals surface area contributed by atoms with Crippen LogP contribution in [0.1, 0.15) is 18.4 Å². The van der Waals surface area contributed by atoms with Gasteiger partial charge < -0.3 is 0 Å². The average Bonchev–Trinajstić information content (AvgIpc) is 2.82. The molecule has 94 valence electrons. The van der Waals surface area contributed by atoms with Gasteiger partial charge in [0.15, 0.2) is 0 Å². The summed E-state index contributed by atoms with van der Waals surface area (Å²) in [6.45, 7) is 2.36. The van der Waals surface area contributed by atoms with E-state index in [1.807, 2.05) is 28.6 Å². The van der Waals surface area contributed by atoms with E-state index < -0.39 is 9.92 Å². The first-order valence-electron chi connectivity index (χ1n) is 5.75. The van der Waals surface area contributed by atoms with Gasteiger partial charge in [0.05, 0.1) is 6.54 Å². The predicted octanol–water partition coefficient (Wildman–Crippen LogP) is 3.06. The second kappa shape index (κ2) is 5.50. The van der Waals surface area contributed by atoms with Crippen LogP contribution in [-0.2, 0) is 16.5 Å². The van der Waals surface area contributed by atoms with Crippen molar-refractivity contribution in [3.63, 3.8) is 0 Å². The van der Waals surface area contributed by atoms with Gasteiger partial charge in [0.1, 0.15) is 9.92 Å². The fourth-order valence-electron chi connectivity index (χ4n) is 1.89. The molecule has 0 saturated carbocycles. The van der Waals surface area contributed by atoms with E-state index >= 15 is 0 Å². The number of benzene rings is 1. The van der Waals surface area contributed by atoms with Crippen LogP contribution >= 0.6 is 15.9 Å². The van der Waals surface area contributed by atoms with Crippen molar-refractivity contribution in [2.45, 2.75) is 19.4 Å². The van der Waals surface area contributed by atoms with Crippen molar-refractivity contribution in [3.05, 3.63) is 34.3 Å². The summed E-state index contributed by atoms with van der Waals surface area (Å²) in [5, 5.41) is 0. The minimum Gasteiger partial charge on any atom is -0.234 e. The molecule has 1 fully saturated rings. The van der Waals surface area contributed by atoms with Gasteiger partial charge in [0.2, 0.25) is 0 Å². The molecule has 1 aliphatic rings. The summed E-state index contributed by atoms with van der Waals surface area (Å²) in [7, 11) is -2.17. The number of hydrogen-bond acceptors (Lipinski definition) is 2. The van der Waals surface area contributed by atoms with Gasteiger partial charge in [-0.05, 0) is 30.5 Å². The Morgan fingerprint density at radius 1 is 1.29 bits per heavy atom. The molecule has 1 aromatic carbocycles. The van der Waals surface area contributed by atoms with Crippen LogP contribution in [0.25, 0.3) is 0 Å². The Labute approximate surface area is 112 Å². The van der Waals surface area contributed by atoms with Crippen LogP contribution in [0.3, 0.4) is 0 Å². The second-order valence-electron chi connectivity index (χ2n) is 4.31. The van der Waals surface area contributed by atoms with Crippen molar-refractivity contribution < 1.29 is 4.21 Å². The third kappa shape index (κ3) is 3.53. The van der Waals surface area contributed by atoms with Crippen molar-refractivity contribution in [1.82, 2.24) is 4.31 Å². The zero-order valence-electron chi connectivity index (χ0n) is 9.93. The lowest BCUT2D eigenvalue weighted by Gasteiger charge is -2.16. The molecule has 2 rings (SSSR count). The largest absolute Gasteiger partial charge is 0.234 e. The van der Waals surface area contributed by atoms with Crippen molar-refractivity contribution in [1.29, 1.82) is 0 Å². The molecule has 1 aromatic rings. The van der Waals surface area contributed by atoms with Gasteiger partial charge in [0, 0.05) is 23.8 Å². The van der Waals surface area contributed by atoms with Gasteiger partial charge in [-0.15, -0.1) is 0 Å². The summed E-state index contributed by atoms with van der Waals surface area (Å²) >= 11 is 3.39. The maximum atomic E-state index is 12.4. The fourth-order valence-corrected chi connectivity index (χ4v) is 3.64. The Balaban J connectivity index is 2.08. The highest BCUT2D eigenvalue weighted by Gasteiger charge is 2.18. The van der Waals surface area contributed by atoms with Crippen molar-refractivity contribution in [2.24, 2.45) is 4.36 Å². The molecule has 0 amide bonds. The number of halogens is 1. The molecule has 0 N–H and O–H groups in total. The van der Waals surface area contributed by atoms with Crippen LogP contribution in [0.2, 0.25) is 0 Å². The first-order valence-corrected chi connectivity index (χ1v) is 8.43. The minimum absolute atomic E-state index is 0.527. The van der Waals surface area contributed by atoms with E-state index in [9.17, 15) is 4.21 Å². The lowest BCUT2D eigenvalue weighted by atomic mass is 10.2. The van der Waals surface area contributed by atoms with E-state index in [0.717, 1.165) is 36.0 Å². The summed E-state index contributed by atoms with van der Waals surface area (Å²) in [5.41, 5.74) is 1.10. The summed E-state index contributed by atoms with van der Waals surface area (Å²) in [6, 6.07) is 7.98. The van der Waals surface area contributed by atoms with Crippen LogP contribution < -0.4 is 0 Å². The van der Waals surface area contributed by atoms with E-state index in [4.69, 9.17) is 0 Å². The molecule has 0 radical (unpaired) electrons. The summed E-state index contributed by atoms with van der Waals surface area (Å²) in [6.07, 6.45) is 4.02. The lowest BCUT2D eigenvalue weighted by Crippen LogP contribution is -2.26. The predicted molar refractivity (Wildman–Crippen MR) is 75.1 cm³/mol. The van der Waals surface area contributed by atoms with Gasteiger partial charge in [-0.1, -0.05) is 28.1 Å². The molecule has 5 heteroatoms. The van der Waals surface area contributed by atoms with Gasteiger partial charge >= 0.3 is 0 Å². The average molecular weight is 317 g/mol. The first kappa shape index (κ1) is 13.1. The highest BCUT2D eigenvalue weighted by atomic mass is 79.9. The molecular formula is C12H17BrN2OS. The van der Waals surface area contributed by atoms with E-state index in [1.165, 1.54) is 0 Å². The standard InChI is InChI=1S/C12H17BrN2OS/c1-17(16,15-8-2-3-9-15)14-10-11-4-6-12(13)7-5-11/h4-7H,2-3,8-10H2,1H3. The van der Waals surface area contributed by atoms with Gasteiger partial charge in [0.25, 0.3) is 0 Å². The third-order valence-electron chi connectivity index (χ3n) is 2.94. The van der Waals surface area contributed by atoms with Crippen molar-refractivity contribution >= 4 is 25.8 Å². The zero-order chi connectivity index (χ0) is 12.3. The fraction of sp³-hybridized carbons (Fsp3) is 0.500. The zero-order valence-corrected chi connectivity index (χ0v) is 12.3. The number of nitrogens with zero attached hydrogens (tertiary/aromatic N) is 2. The van der Waals surface area contributed by atoms with E-state index in [-0.39, 0.29) is 0 Å². The van der Waals surface area contributed by atoms with Crippen LogP contribution in [-0.4, -0.2) is 27.9 Å². The highest BCUT2D eigenvalue weighted by Crippen LogP contribution is 2.15. The molecular weight excluding hydrogens is 300 g/mol. The monoisotopic (exact) mass is 316 g/mol. The molecule has 0 spiro atoms. The Kier molecular flexibility index (Phi) is 4.22. The van der Waals surface area contributed by atoms with E-state index in [0.29, 0.717) is 6.54 Å². The van der Waals surface area contributed by atoms with Crippen molar-refractivity contribution in [3.8, 4) is 0 Å². The number of rotatable bonds is 3. The molecule has 0 bridgehead atoms. The summed E-state index contributed by atoms with van der Waals surface area (Å²) < 4.78 is 19.8. The molecule has 1 saturated heterocycles. The van der Waals surface area contributed by atoms with Crippen molar-refractivity contribution in [2.75, 3.05) is 19.3 Å². The first-order chi connectivity index (χ1) is 8.08. The molecule has 3 nitrogen and oxygen atoms in total. The molecule has 1 unspecified atom stereocenters. The molecule has 0 aromatic heterocycles.